The summed E-state index contributed by atoms with van der Waals surface area (Å²) in [5, 5.41) is 7.15. The lowest BCUT2D eigenvalue weighted by Crippen LogP contribution is -2.28. The molecule has 0 spiro atoms. The summed E-state index contributed by atoms with van der Waals surface area (Å²) in [5.74, 6) is 0.440. The number of nitrogens with zero attached hydrogens (tertiary/aromatic N) is 3. The summed E-state index contributed by atoms with van der Waals surface area (Å²) < 4.78 is 6.24. The van der Waals surface area contributed by atoms with Gasteiger partial charge < -0.3 is 10.1 Å². The number of nitrogens with one attached hydrogen (secondary N) is 1. The van der Waals surface area contributed by atoms with Crippen LogP contribution in [0, 0.1) is 0 Å². The number of hydrogen-bond acceptors (Lipinski definition) is 5. The van der Waals surface area contributed by atoms with E-state index in [4.69, 9.17) is 0 Å². The summed E-state index contributed by atoms with van der Waals surface area (Å²) in [5.41, 5.74) is 0. The number of fused-ring (bicyclic) bond motifs is 1. The molecule has 0 radical (unpaired) electrons. The molecule has 0 fully saturated rings. The van der Waals surface area contributed by atoms with Gasteiger partial charge in [0.15, 0.2) is 0 Å². The first-order valence-corrected chi connectivity index (χ1v) is 4.04. The van der Waals surface area contributed by atoms with Gasteiger partial charge in [-0.3, -0.25) is 0 Å². The molecule has 0 saturated heterocycles. The Morgan fingerprint density at radius 3 is 3.23 bits per heavy atom. The van der Waals surface area contributed by atoms with Crippen molar-refractivity contribution in [1.82, 2.24) is 20.1 Å². The fourth-order valence-electron chi connectivity index (χ4n) is 1.25. The van der Waals surface area contributed by atoms with Gasteiger partial charge in [0.1, 0.15) is 5.82 Å². The van der Waals surface area contributed by atoms with E-state index >= 15 is 0 Å². The van der Waals surface area contributed by atoms with E-state index in [-0.39, 0.29) is 5.82 Å². The van der Waals surface area contributed by atoms with Crippen molar-refractivity contribution >= 4 is 5.97 Å². The van der Waals surface area contributed by atoms with Crippen LogP contribution in [0.25, 0.3) is 0 Å². The van der Waals surface area contributed by atoms with Crippen molar-refractivity contribution in [2.45, 2.75) is 13.1 Å². The molecule has 0 unspecified atom stereocenters. The van der Waals surface area contributed by atoms with Gasteiger partial charge in [-0.2, -0.15) is 0 Å². The Morgan fingerprint density at radius 2 is 2.54 bits per heavy atom. The second-order valence-electron chi connectivity index (χ2n) is 2.74. The van der Waals surface area contributed by atoms with E-state index in [1.54, 1.807) is 4.68 Å². The number of aromatic nitrogens is 3. The van der Waals surface area contributed by atoms with Crippen LogP contribution in [0.15, 0.2) is 0 Å². The SMILES string of the molecule is COC(=O)c1nc2n(n1)CCNC2. The van der Waals surface area contributed by atoms with Crippen LogP contribution in [-0.2, 0) is 17.8 Å². The average molecular weight is 182 g/mol. The molecule has 1 aromatic rings. The highest BCUT2D eigenvalue weighted by molar-refractivity contribution is 5.84. The lowest BCUT2D eigenvalue weighted by molar-refractivity contribution is 0.0586. The number of esters is 1. The van der Waals surface area contributed by atoms with E-state index in [1.165, 1.54) is 7.11 Å². The van der Waals surface area contributed by atoms with E-state index in [9.17, 15) is 4.79 Å². The molecule has 0 aliphatic carbocycles. The minimum absolute atomic E-state index is 0.140. The molecule has 1 N–H and O–H groups in total. The maximum Gasteiger partial charge on any atom is 0.377 e. The molecule has 0 atom stereocenters. The normalized spacial score (nSPS) is 15.2. The van der Waals surface area contributed by atoms with Gasteiger partial charge in [-0.05, 0) is 0 Å². The zero-order valence-corrected chi connectivity index (χ0v) is 7.28. The summed E-state index contributed by atoms with van der Waals surface area (Å²) >= 11 is 0. The van der Waals surface area contributed by atoms with E-state index in [2.05, 4.69) is 20.1 Å². The van der Waals surface area contributed by atoms with E-state index in [0.717, 1.165) is 18.9 Å². The van der Waals surface area contributed by atoms with Crippen LogP contribution in [0.2, 0.25) is 0 Å². The van der Waals surface area contributed by atoms with Crippen molar-refractivity contribution < 1.29 is 9.53 Å². The molecule has 6 nitrogen and oxygen atoms in total. The van der Waals surface area contributed by atoms with Crippen molar-refractivity contribution in [2.75, 3.05) is 13.7 Å². The first-order valence-electron chi connectivity index (χ1n) is 4.04. The molecule has 0 amide bonds. The van der Waals surface area contributed by atoms with Crippen molar-refractivity contribution in [2.24, 2.45) is 0 Å². The Morgan fingerprint density at radius 1 is 1.69 bits per heavy atom. The molecule has 70 valence electrons. The zero-order valence-electron chi connectivity index (χ0n) is 7.28. The van der Waals surface area contributed by atoms with E-state index < -0.39 is 5.97 Å². The Bertz CT molecular complexity index is 310. The molecule has 2 rings (SSSR count). The Balaban J connectivity index is 2.30. The molecule has 0 aromatic carbocycles. The van der Waals surface area contributed by atoms with Crippen LogP contribution >= 0.6 is 0 Å². The zero-order chi connectivity index (χ0) is 9.26. The van der Waals surface area contributed by atoms with Crippen molar-refractivity contribution in [3.63, 3.8) is 0 Å². The van der Waals surface area contributed by atoms with Gasteiger partial charge in [0.2, 0.25) is 0 Å². The fourth-order valence-corrected chi connectivity index (χ4v) is 1.25. The van der Waals surface area contributed by atoms with Gasteiger partial charge in [-0.15, -0.1) is 5.10 Å². The number of carbonyl (C=O) groups excluding carboxylic acids is 1. The van der Waals surface area contributed by atoms with Crippen LogP contribution in [0.3, 0.4) is 0 Å². The monoisotopic (exact) mass is 182 g/mol. The maximum atomic E-state index is 11.1. The lowest BCUT2D eigenvalue weighted by atomic mass is 10.4. The van der Waals surface area contributed by atoms with Gasteiger partial charge in [0.25, 0.3) is 5.82 Å². The molecular formula is C7H10N4O2. The first kappa shape index (κ1) is 8.18. The van der Waals surface area contributed by atoms with Crippen molar-refractivity contribution in [3.05, 3.63) is 11.6 Å². The van der Waals surface area contributed by atoms with Gasteiger partial charge in [-0.1, -0.05) is 0 Å². The molecular weight excluding hydrogens is 172 g/mol. The second-order valence-corrected chi connectivity index (χ2v) is 2.74. The maximum absolute atomic E-state index is 11.1. The molecule has 1 aliphatic heterocycles. The van der Waals surface area contributed by atoms with Gasteiger partial charge in [0, 0.05) is 6.54 Å². The molecule has 13 heavy (non-hydrogen) atoms. The molecule has 2 heterocycles. The Labute approximate surface area is 74.9 Å². The summed E-state index contributed by atoms with van der Waals surface area (Å²) in [4.78, 5) is 15.1. The van der Waals surface area contributed by atoms with Crippen LogP contribution in [0.5, 0.6) is 0 Å². The number of rotatable bonds is 1. The number of carbonyl (C=O) groups is 1. The van der Waals surface area contributed by atoms with Crippen LogP contribution < -0.4 is 5.32 Å². The molecule has 6 heteroatoms. The molecule has 0 saturated carbocycles. The third kappa shape index (κ3) is 1.40. The van der Waals surface area contributed by atoms with E-state index in [0.29, 0.717) is 6.54 Å². The smallest absolute Gasteiger partial charge is 0.377 e. The highest BCUT2D eigenvalue weighted by Gasteiger charge is 2.18. The van der Waals surface area contributed by atoms with Crippen molar-refractivity contribution in [3.8, 4) is 0 Å². The standard InChI is InChI=1S/C7H10N4O2/c1-13-7(12)6-9-5-4-8-2-3-11(5)10-6/h8H,2-4H2,1H3. The van der Waals surface area contributed by atoms with Crippen LogP contribution in [0.1, 0.15) is 16.4 Å². The number of methoxy groups -OCH3 is 1. The summed E-state index contributed by atoms with van der Waals surface area (Å²) in [6.45, 7) is 2.26. The van der Waals surface area contributed by atoms with Gasteiger partial charge in [0.05, 0.1) is 20.2 Å². The van der Waals surface area contributed by atoms with E-state index in [1.807, 2.05) is 0 Å². The predicted molar refractivity (Wildman–Crippen MR) is 43.1 cm³/mol. The average Bonchev–Trinajstić information content (AvgIpc) is 2.59. The quantitative estimate of drug-likeness (QED) is 0.574. The predicted octanol–water partition coefficient (Wildman–Crippen LogP) is -0.832. The van der Waals surface area contributed by atoms with Gasteiger partial charge >= 0.3 is 5.97 Å². The Hall–Kier alpha value is -1.43. The third-order valence-corrected chi connectivity index (χ3v) is 1.90. The molecule has 0 bridgehead atoms. The third-order valence-electron chi connectivity index (χ3n) is 1.90. The topological polar surface area (TPSA) is 69.0 Å². The summed E-state index contributed by atoms with van der Waals surface area (Å²) in [7, 11) is 1.32. The number of hydrogen-bond donors (Lipinski definition) is 1. The summed E-state index contributed by atoms with van der Waals surface area (Å²) in [6, 6.07) is 0. The fraction of sp³-hybridized carbons (Fsp3) is 0.571. The Kier molecular flexibility index (Phi) is 1.97. The van der Waals surface area contributed by atoms with Crippen molar-refractivity contribution in [1.29, 1.82) is 0 Å². The minimum Gasteiger partial charge on any atom is -0.463 e. The highest BCUT2D eigenvalue weighted by Crippen LogP contribution is 2.03. The largest absolute Gasteiger partial charge is 0.463 e. The minimum atomic E-state index is -0.484. The van der Waals surface area contributed by atoms with Gasteiger partial charge in [-0.25, -0.2) is 14.5 Å². The van der Waals surface area contributed by atoms with Crippen LogP contribution in [0.4, 0.5) is 0 Å². The van der Waals surface area contributed by atoms with Crippen LogP contribution in [-0.4, -0.2) is 34.4 Å². The first-order chi connectivity index (χ1) is 6.31. The highest BCUT2D eigenvalue weighted by atomic mass is 16.5. The molecule has 1 aliphatic rings. The summed E-state index contributed by atoms with van der Waals surface area (Å²) in [6.07, 6.45) is 0. The second kappa shape index (κ2) is 3.14. The lowest BCUT2D eigenvalue weighted by Gasteiger charge is -2.11. The number of ether oxygens (including phenoxy) is 1. The molecule has 1 aromatic heterocycles.